The smallest absolute Gasteiger partial charge is 0.328 e. The van der Waals surface area contributed by atoms with Gasteiger partial charge in [-0.15, -0.1) is 0 Å². The van der Waals surface area contributed by atoms with E-state index in [9.17, 15) is 9.59 Å². The number of carboxylic acid groups (broad SMARTS) is 1. The Labute approximate surface area is 124 Å². The lowest BCUT2D eigenvalue weighted by Crippen LogP contribution is -2.37. The van der Waals surface area contributed by atoms with E-state index in [4.69, 9.17) is 10.4 Å². The molecule has 0 bridgehead atoms. The van der Waals surface area contributed by atoms with Crippen molar-refractivity contribution in [2.24, 2.45) is 0 Å². The number of nitriles is 1. The van der Waals surface area contributed by atoms with Crippen LogP contribution < -0.4 is 0 Å². The van der Waals surface area contributed by atoms with Crippen LogP contribution in [0.2, 0.25) is 0 Å². The molecule has 0 aromatic heterocycles. The highest BCUT2D eigenvalue weighted by Crippen LogP contribution is 2.12. The zero-order chi connectivity index (χ0) is 15.8. The Morgan fingerprint density at radius 3 is 2.71 bits per heavy atom. The molecule has 0 aliphatic rings. The maximum absolute atomic E-state index is 12.5. The number of carbonyl (C=O) groups is 2. The van der Waals surface area contributed by atoms with Gasteiger partial charge in [-0.25, -0.2) is 4.79 Å². The highest BCUT2D eigenvalue weighted by molar-refractivity contribution is 5.95. The van der Waals surface area contributed by atoms with Crippen LogP contribution in [0, 0.1) is 11.3 Å². The van der Waals surface area contributed by atoms with E-state index >= 15 is 0 Å². The van der Waals surface area contributed by atoms with Crippen molar-refractivity contribution in [3.05, 3.63) is 41.5 Å². The third-order valence-electron chi connectivity index (χ3n) is 2.90. The lowest BCUT2D eigenvalue weighted by Gasteiger charge is -2.26. The topological polar surface area (TPSA) is 81.4 Å². The second-order valence-electron chi connectivity index (χ2n) is 4.80. The van der Waals surface area contributed by atoms with Crippen molar-refractivity contribution in [2.75, 3.05) is 6.54 Å². The maximum atomic E-state index is 12.5. The van der Waals surface area contributed by atoms with Gasteiger partial charge in [-0.3, -0.25) is 4.79 Å². The average molecular weight is 286 g/mol. The van der Waals surface area contributed by atoms with Crippen LogP contribution in [-0.4, -0.2) is 34.5 Å². The summed E-state index contributed by atoms with van der Waals surface area (Å²) in [6.45, 7) is 4.16. The minimum absolute atomic E-state index is 0.0101. The molecule has 0 aliphatic carbocycles. The summed E-state index contributed by atoms with van der Waals surface area (Å²) < 4.78 is 0. The number of amides is 1. The average Bonchev–Trinajstić information content (AvgIpc) is 2.45. The van der Waals surface area contributed by atoms with Crippen LogP contribution in [0.1, 0.15) is 36.2 Å². The number of nitrogens with zero attached hydrogens (tertiary/aromatic N) is 2. The molecule has 110 valence electrons. The SMILES string of the molecule is CC(C)N(CCC#N)C(=O)c1cccc(C=CC(=O)O)c1. The van der Waals surface area contributed by atoms with Crippen molar-refractivity contribution in [3.63, 3.8) is 0 Å². The van der Waals surface area contributed by atoms with Gasteiger partial charge in [0.25, 0.3) is 5.91 Å². The predicted octanol–water partition coefficient (Wildman–Crippen LogP) is 2.55. The van der Waals surface area contributed by atoms with Crippen LogP contribution >= 0.6 is 0 Å². The van der Waals surface area contributed by atoms with Crippen molar-refractivity contribution in [1.29, 1.82) is 5.26 Å². The van der Waals surface area contributed by atoms with Crippen LogP contribution in [0.5, 0.6) is 0 Å². The molecular weight excluding hydrogens is 268 g/mol. The van der Waals surface area contributed by atoms with Gasteiger partial charge >= 0.3 is 5.97 Å². The standard InChI is InChI=1S/C16H18N2O3/c1-12(2)18(10-4-9-17)16(21)14-6-3-5-13(11-14)7-8-15(19)20/h3,5-8,11-12H,4,10H2,1-2H3,(H,19,20). The molecule has 1 amide bonds. The van der Waals surface area contributed by atoms with Gasteiger partial charge in [0.1, 0.15) is 0 Å². The van der Waals surface area contributed by atoms with Crippen molar-refractivity contribution in [3.8, 4) is 6.07 Å². The van der Waals surface area contributed by atoms with E-state index in [1.807, 2.05) is 19.9 Å². The molecule has 1 N–H and O–H groups in total. The predicted molar refractivity (Wildman–Crippen MR) is 79.5 cm³/mol. The molecule has 21 heavy (non-hydrogen) atoms. The normalized spacial score (nSPS) is 10.6. The van der Waals surface area contributed by atoms with Crippen LogP contribution in [0.25, 0.3) is 6.08 Å². The molecule has 0 saturated heterocycles. The van der Waals surface area contributed by atoms with E-state index in [1.165, 1.54) is 6.08 Å². The van der Waals surface area contributed by atoms with E-state index in [1.54, 1.807) is 29.2 Å². The molecule has 0 unspecified atom stereocenters. The van der Waals surface area contributed by atoms with Crippen LogP contribution in [-0.2, 0) is 4.79 Å². The fourth-order valence-corrected chi connectivity index (χ4v) is 1.87. The van der Waals surface area contributed by atoms with Gasteiger partial charge in [0.2, 0.25) is 0 Å². The molecule has 1 rings (SSSR count). The van der Waals surface area contributed by atoms with Crippen LogP contribution in [0.4, 0.5) is 0 Å². The fourth-order valence-electron chi connectivity index (χ4n) is 1.87. The minimum atomic E-state index is -1.04. The monoisotopic (exact) mass is 286 g/mol. The second-order valence-corrected chi connectivity index (χ2v) is 4.80. The Balaban J connectivity index is 2.97. The van der Waals surface area contributed by atoms with Gasteiger partial charge in [-0.05, 0) is 37.6 Å². The molecule has 0 fully saturated rings. The summed E-state index contributed by atoms with van der Waals surface area (Å²) in [7, 11) is 0. The summed E-state index contributed by atoms with van der Waals surface area (Å²) in [5.41, 5.74) is 1.13. The van der Waals surface area contributed by atoms with Gasteiger partial charge in [-0.1, -0.05) is 12.1 Å². The molecule has 0 heterocycles. The Morgan fingerprint density at radius 1 is 1.43 bits per heavy atom. The summed E-state index contributed by atoms with van der Waals surface area (Å²) in [6, 6.07) is 8.78. The van der Waals surface area contributed by atoms with Gasteiger partial charge in [0.05, 0.1) is 12.5 Å². The van der Waals surface area contributed by atoms with Crippen LogP contribution in [0.3, 0.4) is 0 Å². The molecule has 0 spiro atoms. The largest absolute Gasteiger partial charge is 0.478 e. The highest BCUT2D eigenvalue weighted by Gasteiger charge is 2.18. The third kappa shape index (κ3) is 5.11. The van der Waals surface area contributed by atoms with Crippen molar-refractivity contribution < 1.29 is 14.7 Å². The summed E-state index contributed by atoms with van der Waals surface area (Å²) >= 11 is 0. The van der Waals surface area contributed by atoms with Gasteiger partial charge < -0.3 is 10.0 Å². The Morgan fingerprint density at radius 2 is 2.14 bits per heavy atom. The van der Waals surface area contributed by atoms with Gasteiger partial charge in [0, 0.05) is 24.2 Å². The lowest BCUT2D eigenvalue weighted by molar-refractivity contribution is -0.131. The number of carboxylic acids is 1. The fraction of sp³-hybridized carbons (Fsp3) is 0.312. The van der Waals surface area contributed by atoms with E-state index in [0.29, 0.717) is 17.7 Å². The first-order valence-corrected chi connectivity index (χ1v) is 6.64. The number of hydrogen-bond acceptors (Lipinski definition) is 3. The second kappa shape index (κ2) is 7.85. The highest BCUT2D eigenvalue weighted by atomic mass is 16.4. The molecule has 1 aromatic rings. The minimum Gasteiger partial charge on any atom is -0.478 e. The van der Waals surface area contributed by atoms with Crippen molar-refractivity contribution >= 4 is 18.0 Å². The summed E-state index contributed by atoms with van der Waals surface area (Å²) in [5.74, 6) is -1.20. The van der Waals surface area contributed by atoms with Crippen LogP contribution in [0.15, 0.2) is 30.3 Å². The summed E-state index contributed by atoms with van der Waals surface area (Å²) in [4.78, 5) is 24.6. The number of benzene rings is 1. The molecule has 0 atom stereocenters. The van der Waals surface area contributed by atoms with E-state index in [2.05, 4.69) is 0 Å². The zero-order valence-electron chi connectivity index (χ0n) is 12.1. The lowest BCUT2D eigenvalue weighted by atomic mass is 10.1. The number of rotatable bonds is 6. The molecule has 1 aromatic carbocycles. The van der Waals surface area contributed by atoms with Crippen molar-refractivity contribution in [1.82, 2.24) is 4.90 Å². The first-order valence-electron chi connectivity index (χ1n) is 6.64. The van der Waals surface area contributed by atoms with Gasteiger partial charge in [-0.2, -0.15) is 5.26 Å². The third-order valence-corrected chi connectivity index (χ3v) is 2.90. The molecule has 0 radical (unpaired) electrons. The molecular formula is C16H18N2O3. The summed E-state index contributed by atoms with van der Waals surface area (Å²) in [6.07, 6.45) is 2.75. The summed E-state index contributed by atoms with van der Waals surface area (Å²) in [5, 5.41) is 17.3. The quantitative estimate of drug-likeness (QED) is 0.815. The Bertz CT molecular complexity index is 585. The molecule has 0 aliphatic heterocycles. The zero-order valence-corrected chi connectivity index (χ0v) is 12.1. The molecule has 5 nitrogen and oxygen atoms in total. The maximum Gasteiger partial charge on any atom is 0.328 e. The van der Waals surface area contributed by atoms with E-state index in [-0.39, 0.29) is 18.4 Å². The first kappa shape index (κ1) is 16.4. The van der Waals surface area contributed by atoms with Gasteiger partial charge in [0.15, 0.2) is 0 Å². The molecule has 5 heteroatoms. The number of aliphatic carboxylic acids is 1. The van der Waals surface area contributed by atoms with Crippen molar-refractivity contribution in [2.45, 2.75) is 26.3 Å². The number of carbonyl (C=O) groups excluding carboxylic acids is 1. The molecule has 0 saturated carbocycles. The first-order chi connectivity index (χ1) is 9.95. The van der Waals surface area contributed by atoms with E-state index in [0.717, 1.165) is 6.08 Å². The number of hydrogen-bond donors (Lipinski definition) is 1. The van der Waals surface area contributed by atoms with E-state index < -0.39 is 5.97 Å². The Hall–Kier alpha value is -2.61. The Kier molecular flexibility index (Phi) is 6.15.